The van der Waals surface area contributed by atoms with Crippen molar-refractivity contribution in [1.29, 1.82) is 5.26 Å². The normalized spacial score (nSPS) is 20.2. The number of anilines is 1. The van der Waals surface area contributed by atoms with Crippen molar-refractivity contribution >= 4 is 46.3 Å². The molecule has 3 heterocycles. The Balaban J connectivity index is 0.846. The van der Waals surface area contributed by atoms with Gasteiger partial charge < -0.3 is 35.4 Å². The molecule has 5 aromatic rings. The van der Waals surface area contributed by atoms with Gasteiger partial charge in [0, 0.05) is 59.8 Å². The fraction of sp³-hybridized carbons (Fsp3) is 0.462. The fourth-order valence-electron chi connectivity index (χ4n) is 10.0. The zero-order valence-corrected chi connectivity index (χ0v) is 41.7. The third-order valence-corrected chi connectivity index (χ3v) is 14.7. The number of amides is 3. The summed E-state index contributed by atoms with van der Waals surface area (Å²) < 4.78 is 14.2. The van der Waals surface area contributed by atoms with Gasteiger partial charge in [-0.25, -0.2) is 9.67 Å². The van der Waals surface area contributed by atoms with Gasteiger partial charge in [-0.3, -0.25) is 14.4 Å². The first kappa shape index (κ1) is 49.9. The first-order chi connectivity index (χ1) is 32.4. The van der Waals surface area contributed by atoms with E-state index in [1.54, 1.807) is 46.5 Å². The number of nitriles is 1. The molecule has 0 spiro atoms. The van der Waals surface area contributed by atoms with Crippen LogP contribution in [0.15, 0.2) is 84.5 Å². The third kappa shape index (κ3) is 10.8. The first-order valence-corrected chi connectivity index (χ1v) is 24.6. The van der Waals surface area contributed by atoms with Gasteiger partial charge in [0.1, 0.15) is 30.0 Å². The van der Waals surface area contributed by atoms with Gasteiger partial charge in [-0.1, -0.05) is 77.4 Å². The summed E-state index contributed by atoms with van der Waals surface area (Å²) in [6, 6.07) is 22.3. The van der Waals surface area contributed by atoms with E-state index in [1.807, 2.05) is 81.7 Å². The number of hydrogen-bond donors (Lipinski definition) is 4. The number of hydrogen-bond acceptors (Lipinski definition) is 11. The van der Waals surface area contributed by atoms with Crippen molar-refractivity contribution in [3.8, 4) is 28.1 Å². The number of carbonyl (C=O) groups is 3. The summed E-state index contributed by atoms with van der Waals surface area (Å²) in [5, 5.41) is 34.6. The van der Waals surface area contributed by atoms with Crippen LogP contribution in [-0.2, 0) is 9.59 Å². The molecule has 3 aromatic carbocycles. The van der Waals surface area contributed by atoms with Crippen molar-refractivity contribution in [3.05, 3.63) is 112 Å². The highest BCUT2D eigenvalue weighted by molar-refractivity contribution is 7.13. The van der Waals surface area contributed by atoms with Crippen LogP contribution in [-0.4, -0.2) is 86.5 Å². The molecule has 2 fully saturated rings. The Morgan fingerprint density at radius 3 is 2.35 bits per heavy atom. The zero-order valence-electron chi connectivity index (χ0n) is 40.1. The lowest BCUT2D eigenvalue weighted by Crippen LogP contribution is -2.74. The molecule has 1 aliphatic heterocycles. The maximum Gasteiger partial charge on any atom is 0.251 e. The number of aliphatic hydroxyl groups excluding tert-OH is 1. The van der Waals surface area contributed by atoms with Gasteiger partial charge in [0.05, 0.1) is 51.6 Å². The zero-order chi connectivity index (χ0) is 48.9. The number of nitrogens with one attached hydrogen (secondary N) is 3. The number of thiazole rings is 1. The van der Waals surface area contributed by atoms with E-state index in [9.17, 15) is 24.8 Å². The SMILES string of the molecule is Cc1ncsc1-c1ccc(C(C)NC(=O)[C@@H]2C[C@@H](O)CN2C(=O)[C@H](C(C)C)n2nccc2OCCCCCNc2ccc(C(=O)NC3C(C)(C)C(Oc4ccc(C#N)c(Cl)c4)C3(C)C)cc2)cc1. The first-order valence-electron chi connectivity index (χ1n) is 23.4. The third-order valence-electron chi connectivity index (χ3n) is 13.4. The van der Waals surface area contributed by atoms with Gasteiger partial charge in [-0.05, 0) is 86.6 Å². The number of aryl methyl sites for hydroxylation is 1. The molecule has 4 atom stereocenters. The monoisotopic (exact) mass is 962 g/mol. The average molecular weight is 964 g/mol. The van der Waals surface area contributed by atoms with Crippen molar-refractivity contribution in [2.24, 2.45) is 16.7 Å². The van der Waals surface area contributed by atoms with E-state index in [1.165, 1.54) is 4.90 Å². The highest BCUT2D eigenvalue weighted by Gasteiger charge is 2.64. The number of nitrogens with zero attached hydrogens (tertiary/aromatic N) is 5. The molecule has 14 nitrogen and oxygen atoms in total. The quantitative estimate of drug-likeness (QED) is 0.0583. The van der Waals surface area contributed by atoms with Gasteiger partial charge >= 0.3 is 0 Å². The average Bonchev–Trinajstić information content (AvgIpc) is 4.06. The lowest BCUT2D eigenvalue weighted by atomic mass is 9.49. The molecule has 3 amide bonds. The van der Waals surface area contributed by atoms with E-state index in [0.717, 1.165) is 53.2 Å². The number of β-amino-alcohol motifs (C(OH)–C–C–N with tert-alkyl or cyclic N) is 1. The molecule has 1 unspecified atom stereocenters. The molecule has 360 valence electrons. The topological polar surface area (TPSA) is 184 Å². The minimum Gasteiger partial charge on any atom is -0.489 e. The number of halogens is 1. The summed E-state index contributed by atoms with van der Waals surface area (Å²) >= 11 is 7.84. The van der Waals surface area contributed by atoms with Crippen LogP contribution in [0.3, 0.4) is 0 Å². The van der Waals surface area contributed by atoms with E-state index in [4.69, 9.17) is 21.1 Å². The summed E-state index contributed by atoms with van der Waals surface area (Å²) in [6.45, 7) is 17.3. The van der Waals surface area contributed by atoms with Crippen molar-refractivity contribution in [2.45, 2.75) is 117 Å². The number of benzene rings is 3. The molecule has 16 heteroatoms. The largest absolute Gasteiger partial charge is 0.489 e. The Morgan fingerprint density at radius 2 is 1.71 bits per heavy atom. The van der Waals surface area contributed by atoms with E-state index in [-0.39, 0.29) is 65.6 Å². The second kappa shape index (κ2) is 21.1. The van der Waals surface area contributed by atoms with Crippen LogP contribution in [0.1, 0.15) is 113 Å². The van der Waals surface area contributed by atoms with Crippen LogP contribution >= 0.6 is 22.9 Å². The number of aromatic nitrogens is 3. The number of likely N-dealkylation sites (tertiary alicyclic amines) is 1. The second-order valence-electron chi connectivity index (χ2n) is 19.5. The molecule has 1 saturated heterocycles. The molecular formula is C52H63ClN8O6S. The number of ether oxygens (including phenoxy) is 2. The Kier molecular flexibility index (Phi) is 15.5. The number of unbranched alkanes of at least 4 members (excludes halogenated alkanes) is 2. The van der Waals surface area contributed by atoms with Crippen LogP contribution in [0.25, 0.3) is 10.4 Å². The lowest BCUT2D eigenvalue weighted by molar-refractivity contribution is -0.164. The number of carbonyl (C=O) groups excluding carboxylic acids is 3. The minimum atomic E-state index is -0.831. The maximum atomic E-state index is 14.3. The highest BCUT2D eigenvalue weighted by Crippen LogP contribution is 2.55. The summed E-state index contributed by atoms with van der Waals surface area (Å²) in [4.78, 5) is 48.4. The predicted molar refractivity (Wildman–Crippen MR) is 265 cm³/mol. The van der Waals surface area contributed by atoms with Crippen molar-refractivity contribution < 1.29 is 29.0 Å². The molecular weight excluding hydrogens is 900 g/mol. The molecule has 2 aromatic heterocycles. The molecule has 2 aliphatic rings. The van der Waals surface area contributed by atoms with Crippen LogP contribution in [0, 0.1) is 35.0 Å². The van der Waals surface area contributed by atoms with Gasteiger partial charge in [0.25, 0.3) is 5.91 Å². The van der Waals surface area contributed by atoms with E-state index >= 15 is 0 Å². The van der Waals surface area contributed by atoms with Crippen molar-refractivity contribution in [2.75, 3.05) is 25.0 Å². The molecule has 1 aliphatic carbocycles. The molecule has 4 N–H and O–H groups in total. The molecule has 0 radical (unpaired) electrons. The smallest absolute Gasteiger partial charge is 0.251 e. The molecule has 7 rings (SSSR count). The summed E-state index contributed by atoms with van der Waals surface area (Å²) in [7, 11) is 0. The Morgan fingerprint density at radius 1 is 0.985 bits per heavy atom. The second-order valence-corrected chi connectivity index (χ2v) is 20.8. The number of aliphatic hydroxyl groups is 1. The summed E-state index contributed by atoms with van der Waals surface area (Å²) in [5.74, 6) is 0.115. The molecule has 0 bridgehead atoms. The van der Waals surface area contributed by atoms with Crippen molar-refractivity contribution in [1.82, 2.24) is 30.3 Å². The van der Waals surface area contributed by atoms with Crippen LogP contribution in [0.4, 0.5) is 5.69 Å². The Hall–Kier alpha value is -5.95. The molecule has 1 saturated carbocycles. The van der Waals surface area contributed by atoms with Gasteiger partial charge in [0.2, 0.25) is 17.7 Å². The van der Waals surface area contributed by atoms with Crippen LogP contribution in [0.2, 0.25) is 5.02 Å². The number of rotatable bonds is 19. The Bertz CT molecular complexity index is 2590. The van der Waals surface area contributed by atoms with E-state index in [2.05, 4.69) is 59.8 Å². The van der Waals surface area contributed by atoms with Crippen LogP contribution < -0.4 is 25.4 Å². The van der Waals surface area contributed by atoms with Gasteiger partial charge in [0.15, 0.2) is 0 Å². The maximum absolute atomic E-state index is 14.3. The summed E-state index contributed by atoms with van der Waals surface area (Å²) in [6.07, 6.45) is 3.29. The fourth-order valence-corrected chi connectivity index (χ4v) is 11.1. The van der Waals surface area contributed by atoms with Gasteiger partial charge in [-0.2, -0.15) is 10.4 Å². The van der Waals surface area contributed by atoms with Gasteiger partial charge in [-0.15, -0.1) is 11.3 Å². The summed E-state index contributed by atoms with van der Waals surface area (Å²) in [5.41, 5.74) is 5.93. The van der Waals surface area contributed by atoms with Crippen molar-refractivity contribution in [3.63, 3.8) is 0 Å². The Labute approximate surface area is 408 Å². The molecule has 68 heavy (non-hydrogen) atoms. The van der Waals surface area contributed by atoms with Crippen LogP contribution in [0.5, 0.6) is 11.6 Å². The lowest BCUT2D eigenvalue weighted by Gasteiger charge is -2.63. The minimum absolute atomic E-state index is 0.0525. The van der Waals surface area contributed by atoms with E-state index in [0.29, 0.717) is 34.4 Å². The van der Waals surface area contributed by atoms with E-state index < -0.39 is 18.2 Å². The standard InChI is InChI=1S/C52H63ClN8O6S/c1-31(2)44(48(65)60-29-39(62)26-42(60)47(64)58-32(3)34-12-14-35(15-13-34)45-33(4)56-30-68-45)61-43(22-24-57-61)66-25-11-9-10-23-55-38-19-16-36(17-20-38)46(63)59-49-51(5,6)50(52(49,7)8)67-40-21-18-37(28-54)41(53)27-40/h12-22,24,27,30-32,39,42,44,49-50,55,62H,9-11,23,25-26,29H2,1-8H3,(H,58,64)(H,59,63)/t32?,39-,42+,44+,49?,50?/m1/s1. The highest BCUT2D eigenvalue weighted by atomic mass is 35.5. The predicted octanol–water partition coefficient (Wildman–Crippen LogP) is 9.15.